The second-order valence-corrected chi connectivity index (χ2v) is 7.30. The van der Waals surface area contributed by atoms with Gasteiger partial charge in [0.25, 0.3) is 0 Å². The first-order valence-corrected chi connectivity index (χ1v) is 10.5. The third kappa shape index (κ3) is 5.39. The zero-order valence-electron chi connectivity index (χ0n) is 17.6. The number of aliphatic hydroxyl groups is 1. The average molecular weight is 402 g/mol. The lowest BCUT2D eigenvalue weighted by Gasteiger charge is -2.38. The lowest BCUT2D eigenvalue weighted by molar-refractivity contribution is -0.0303. The number of aryl methyl sites for hydroxylation is 1. The van der Waals surface area contributed by atoms with Crippen molar-refractivity contribution in [3.8, 4) is 11.9 Å². The summed E-state index contributed by atoms with van der Waals surface area (Å²) in [6.07, 6.45) is 8.57. The summed E-state index contributed by atoms with van der Waals surface area (Å²) in [5, 5.41) is 11.3. The van der Waals surface area contributed by atoms with Gasteiger partial charge in [-0.25, -0.2) is 15.0 Å². The van der Waals surface area contributed by atoms with E-state index < -0.39 is 5.60 Å². The Balaban J connectivity index is 1.65. The monoisotopic (exact) mass is 401 g/mol. The smallest absolute Gasteiger partial charge is 0.319 e. The molecule has 158 valence electrons. The van der Waals surface area contributed by atoms with Crippen LogP contribution in [0.2, 0.25) is 0 Å². The van der Waals surface area contributed by atoms with E-state index >= 15 is 0 Å². The second kappa shape index (κ2) is 9.93. The summed E-state index contributed by atoms with van der Waals surface area (Å²) < 4.78 is 11.0. The first-order valence-electron chi connectivity index (χ1n) is 10.5. The largest absolute Gasteiger partial charge is 0.478 e. The van der Waals surface area contributed by atoms with Gasteiger partial charge in [-0.15, -0.1) is 0 Å². The van der Waals surface area contributed by atoms with Gasteiger partial charge in [0.05, 0.1) is 24.4 Å². The Morgan fingerprint density at radius 1 is 1.00 bits per heavy atom. The van der Waals surface area contributed by atoms with Crippen LogP contribution in [0.4, 0.5) is 0 Å². The Labute approximate surface area is 172 Å². The van der Waals surface area contributed by atoms with Crippen LogP contribution in [0.3, 0.4) is 0 Å². The lowest BCUT2D eigenvalue weighted by atomic mass is 9.85. The Morgan fingerprint density at radius 3 is 2.31 bits per heavy atom. The summed E-state index contributed by atoms with van der Waals surface area (Å²) in [6.45, 7) is 9.13. The molecule has 0 aromatic carbocycles. The van der Waals surface area contributed by atoms with Gasteiger partial charge in [-0.05, 0) is 33.1 Å². The molecule has 0 atom stereocenters. The van der Waals surface area contributed by atoms with Crippen LogP contribution in [0.5, 0.6) is 11.9 Å². The Bertz CT molecular complexity index is 776. The Kier molecular flexibility index (Phi) is 7.33. The maximum atomic E-state index is 11.3. The molecule has 3 rings (SSSR count). The van der Waals surface area contributed by atoms with Crippen molar-refractivity contribution >= 4 is 0 Å². The van der Waals surface area contributed by atoms with Gasteiger partial charge in [0, 0.05) is 50.2 Å². The molecule has 1 fully saturated rings. The first kappa shape index (κ1) is 21.4. The molecule has 0 saturated carbocycles. The number of hydrogen-bond acceptors (Lipinski definition) is 8. The summed E-state index contributed by atoms with van der Waals surface area (Å²) in [6, 6.07) is 0.271. The van der Waals surface area contributed by atoms with Crippen LogP contribution in [-0.2, 0) is 18.6 Å². The van der Waals surface area contributed by atoms with E-state index in [-0.39, 0.29) is 6.01 Å². The third-order valence-corrected chi connectivity index (χ3v) is 5.11. The fourth-order valence-electron chi connectivity index (χ4n) is 3.54. The highest BCUT2D eigenvalue weighted by Gasteiger charge is 2.37. The van der Waals surface area contributed by atoms with Crippen molar-refractivity contribution in [2.24, 2.45) is 0 Å². The molecule has 0 spiro atoms. The van der Waals surface area contributed by atoms with E-state index in [0.717, 1.165) is 43.9 Å². The number of hydrogen-bond donors (Lipinski definition) is 1. The molecule has 0 bridgehead atoms. The highest BCUT2D eigenvalue weighted by atomic mass is 16.5. The van der Waals surface area contributed by atoms with Crippen molar-refractivity contribution in [3.05, 3.63) is 35.5 Å². The van der Waals surface area contributed by atoms with Gasteiger partial charge in [0.15, 0.2) is 0 Å². The maximum absolute atomic E-state index is 11.3. The van der Waals surface area contributed by atoms with Crippen LogP contribution in [0, 0.1) is 0 Å². The minimum Gasteiger partial charge on any atom is -0.478 e. The molecule has 0 aliphatic carbocycles. The summed E-state index contributed by atoms with van der Waals surface area (Å²) in [5.74, 6) is 1.30. The molecule has 8 heteroatoms. The second-order valence-electron chi connectivity index (χ2n) is 7.30. The number of rotatable bonds is 9. The fraction of sp³-hybridized carbons (Fsp3) is 0.619. The van der Waals surface area contributed by atoms with E-state index in [1.807, 2.05) is 26.2 Å². The molecule has 2 aromatic rings. The molecular weight excluding hydrogens is 370 g/mol. The van der Waals surface area contributed by atoms with Gasteiger partial charge in [0.1, 0.15) is 5.82 Å². The van der Waals surface area contributed by atoms with Crippen LogP contribution < -0.4 is 9.47 Å². The molecule has 1 aliphatic heterocycles. The van der Waals surface area contributed by atoms with Crippen LogP contribution in [0.1, 0.15) is 57.0 Å². The van der Waals surface area contributed by atoms with Crippen molar-refractivity contribution < 1.29 is 14.6 Å². The van der Waals surface area contributed by atoms with E-state index in [1.165, 1.54) is 0 Å². The summed E-state index contributed by atoms with van der Waals surface area (Å²) in [7, 11) is 0. The molecule has 2 aromatic heterocycles. The molecule has 0 radical (unpaired) electrons. The minimum absolute atomic E-state index is 0.271. The SMILES string of the molecule is CCCc1ncc(CN2CCC(O)(c3cnc(OCC)nc3OCC)CC2)cn1. The topological polar surface area (TPSA) is 93.5 Å². The van der Waals surface area contributed by atoms with Crippen molar-refractivity contribution in [1.82, 2.24) is 24.8 Å². The molecule has 29 heavy (non-hydrogen) atoms. The number of piperidine rings is 1. The summed E-state index contributed by atoms with van der Waals surface area (Å²) in [5.41, 5.74) is 0.720. The number of likely N-dealkylation sites (tertiary alicyclic amines) is 1. The zero-order valence-corrected chi connectivity index (χ0v) is 17.6. The van der Waals surface area contributed by atoms with Gasteiger partial charge < -0.3 is 14.6 Å². The van der Waals surface area contributed by atoms with Gasteiger partial charge in [-0.3, -0.25) is 4.90 Å². The fourth-order valence-corrected chi connectivity index (χ4v) is 3.54. The highest BCUT2D eigenvalue weighted by Crippen LogP contribution is 2.37. The first-order chi connectivity index (χ1) is 14.1. The van der Waals surface area contributed by atoms with E-state index in [1.54, 1.807) is 6.20 Å². The van der Waals surface area contributed by atoms with Crippen LogP contribution in [0.15, 0.2) is 18.6 Å². The van der Waals surface area contributed by atoms with Crippen LogP contribution in [0.25, 0.3) is 0 Å². The van der Waals surface area contributed by atoms with E-state index in [0.29, 0.717) is 37.5 Å². The summed E-state index contributed by atoms with van der Waals surface area (Å²) >= 11 is 0. The molecule has 3 heterocycles. The van der Waals surface area contributed by atoms with Crippen molar-refractivity contribution in [2.75, 3.05) is 26.3 Å². The van der Waals surface area contributed by atoms with Gasteiger partial charge in [-0.2, -0.15) is 4.98 Å². The van der Waals surface area contributed by atoms with E-state index in [9.17, 15) is 5.11 Å². The normalized spacial score (nSPS) is 16.6. The van der Waals surface area contributed by atoms with Gasteiger partial charge >= 0.3 is 6.01 Å². The predicted molar refractivity (Wildman–Crippen MR) is 109 cm³/mol. The van der Waals surface area contributed by atoms with Crippen molar-refractivity contribution in [3.63, 3.8) is 0 Å². The summed E-state index contributed by atoms with van der Waals surface area (Å²) in [4.78, 5) is 19.8. The average Bonchev–Trinajstić information content (AvgIpc) is 2.72. The minimum atomic E-state index is -1.01. The van der Waals surface area contributed by atoms with Crippen LogP contribution in [-0.4, -0.2) is 56.2 Å². The van der Waals surface area contributed by atoms with Crippen molar-refractivity contribution in [1.29, 1.82) is 0 Å². The maximum Gasteiger partial charge on any atom is 0.319 e. The number of nitrogens with zero attached hydrogens (tertiary/aromatic N) is 5. The standard InChI is InChI=1S/C21H31N5O3/c1-4-7-18-22-12-16(13-23-18)15-26-10-8-21(27,9-11-26)17-14-24-20(29-6-3)25-19(17)28-5-2/h12-14,27H,4-11,15H2,1-3H3. The van der Waals surface area contributed by atoms with Gasteiger partial charge in [-0.1, -0.05) is 6.92 Å². The molecule has 8 nitrogen and oxygen atoms in total. The Morgan fingerprint density at radius 2 is 1.69 bits per heavy atom. The molecule has 0 unspecified atom stereocenters. The number of aromatic nitrogens is 4. The van der Waals surface area contributed by atoms with Crippen LogP contribution >= 0.6 is 0 Å². The van der Waals surface area contributed by atoms with E-state index in [4.69, 9.17) is 9.47 Å². The third-order valence-electron chi connectivity index (χ3n) is 5.11. The molecule has 0 amide bonds. The highest BCUT2D eigenvalue weighted by molar-refractivity contribution is 5.32. The van der Waals surface area contributed by atoms with E-state index in [2.05, 4.69) is 31.8 Å². The lowest BCUT2D eigenvalue weighted by Crippen LogP contribution is -2.42. The molecular formula is C21H31N5O3. The molecule has 1 saturated heterocycles. The molecule has 1 N–H and O–H groups in total. The molecule has 1 aliphatic rings. The zero-order chi connectivity index (χ0) is 20.7. The number of ether oxygens (including phenoxy) is 2. The predicted octanol–water partition coefficient (Wildman–Crippen LogP) is 2.50. The quantitative estimate of drug-likeness (QED) is 0.685. The van der Waals surface area contributed by atoms with Crippen molar-refractivity contribution in [2.45, 2.75) is 58.6 Å². The Hall–Kier alpha value is -2.32. The van der Waals surface area contributed by atoms with Gasteiger partial charge in [0.2, 0.25) is 5.88 Å².